The zero-order valence-electron chi connectivity index (χ0n) is 15.4. The fraction of sp³-hybridized carbons (Fsp3) is 0.263. The first-order valence-corrected chi connectivity index (χ1v) is 11.7. The summed E-state index contributed by atoms with van der Waals surface area (Å²) >= 11 is 6.25. The molecule has 1 saturated heterocycles. The Labute approximate surface area is 184 Å². The molecule has 1 aliphatic heterocycles. The van der Waals surface area contributed by atoms with Crippen LogP contribution in [0.3, 0.4) is 0 Å². The number of H-pyrrole nitrogens is 1. The first kappa shape index (κ1) is 20.1. The molecule has 0 radical (unpaired) electrons. The maximum atomic E-state index is 12.5. The molecule has 29 heavy (non-hydrogen) atoms. The molecule has 2 aromatic heterocycles. The summed E-state index contributed by atoms with van der Waals surface area (Å²) < 4.78 is 0.929. The summed E-state index contributed by atoms with van der Waals surface area (Å²) in [6.45, 7) is 2.21. The lowest BCUT2D eigenvalue weighted by molar-refractivity contribution is -0.129. The average molecular weight is 492 g/mol. The third kappa shape index (κ3) is 4.71. The van der Waals surface area contributed by atoms with Gasteiger partial charge in [-0.1, -0.05) is 52.0 Å². The normalized spacial score (nSPS) is 14.2. The quantitative estimate of drug-likeness (QED) is 0.553. The van der Waals surface area contributed by atoms with E-state index in [9.17, 15) is 9.59 Å². The van der Waals surface area contributed by atoms with Crippen LogP contribution in [-0.2, 0) is 4.79 Å². The lowest BCUT2D eigenvalue weighted by atomic mass is 10.2. The summed E-state index contributed by atoms with van der Waals surface area (Å²) in [6, 6.07) is 11.5. The number of aromatic nitrogens is 3. The van der Waals surface area contributed by atoms with Gasteiger partial charge in [0.15, 0.2) is 5.82 Å². The van der Waals surface area contributed by atoms with Gasteiger partial charge < -0.3 is 9.80 Å². The Hall–Kier alpha value is -2.17. The molecule has 10 heteroatoms. The molecule has 0 spiro atoms. The molecular formula is C19H18BrN5O2S2. The van der Waals surface area contributed by atoms with Gasteiger partial charge in [-0.15, -0.1) is 16.4 Å². The van der Waals surface area contributed by atoms with E-state index in [2.05, 4.69) is 31.1 Å². The van der Waals surface area contributed by atoms with E-state index in [0.29, 0.717) is 37.2 Å². The lowest BCUT2D eigenvalue weighted by Crippen LogP contribution is -2.51. The van der Waals surface area contributed by atoms with Crippen LogP contribution < -0.4 is 0 Å². The van der Waals surface area contributed by atoms with Crippen molar-refractivity contribution in [3.63, 3.8) is 0 Å². The van der Waals surface area contributed by atoms with Crippen molar-refractivity contribution in [2.75, 3.05) is 31.9 Å². The van der Waals surface area contributed by atoms with Gasteiger partial charge in [-0.05, 0) is 17.5 Å². The summed E-state index contributed by atoms with van der Waals surface area (Å²) in [5.41, 5.74) is 0.921. The molecular weight excluding hydrogens is 474 g/mol. The van der Waals surface area contributed by atoms with Crippen LogP contribution in [0.15, 0.2) is 51.4 Å². The molecule has 1 N–H and O–H groups in total. The monoisotopic (exact) mass is 491 g/mol. The molecule has 1 aliphatic rings. The Bertz CT molecular complexity index is 1000. The Morgan fingerprint density at radius 2 is 1.86 bits per heavy atom. The molecule has 2 amide bonds. The van der Waals surface area contributed by atoms with Crippen molar-refractivity contribution in [2.45, 2.75) is 5.16 Å². The van der Waals surface area contributed by atoms with E-state index in [-0.39, 0.29) is 17.6 Å². The van der Waals surface area contributed by atoms with Crippen molar-refractivity contribution >= 4 is 50.8 Å². The van der Waals surface area contributed by atoms with Crippen LogP contribution in [0.2, 0.25) is 0 Å². The number of piperazine rings is 1. The summed E-state index contributed by atoms with van der Waals surface area (Å²) in [7, 11) is 0. The highest BCUT2D eigenvalue weighted by Crippen LogP contribution is 2.26. The minimum atomic E-state index is 0.0328. The van der Waals surface area contributed by atoms with Crippen LogP contribution in [0, 0.1) is 0 Å². The van der Waals surface area contributed by atoms with E-state index in [4.69, 9.17) is 0 Å². The fourth-order valence-electron chi connectivity index (χ4n) is 3.02. The van der Waals surface area contributed by atoms with Crippen LogP contribution in [0.4, 0.5) is 0 Å². The number of nitrogens with one attached hydrogen (secondary N) is 1. The van der Waals surface area contributed by atoms with E-state index in [1.165, 1.54) is 23.1 Å². The molecule has 0 aliphatic carbocycles. The Morgan fingerprint density at radius 3 is 2.59 bits per heavy atom. The second-order valence-corrected chi connectivity index (χ2v) is 9.13. The molecule has 0 saturated carbocycles. The summed E-state index contributed by atoms with van der Waals surface area (Å²) in [6.07, 6.45) is 0. The van der Waals surface area contributed by atoms with Crippen LogP contribution in [-0.4, -0.2) is 68.7 Å². The van der Waals surface area contributed by atoms with Crippen molar-refractivity contribution in [1.29, 1.82) is 0 Å². The zero-order valence-corrected chi connectivity index (χ0v) is 18.6. The average Bonchev–Trinajstić information content (AvgIpc) is 3.44. The lowest BCUT2D eigenvalue weighted by Gasteiger charge is -2.34. The number of nitrogens with zero attached hydrogens (tertiary/aromatic N) is 4. The molecule has 0 atom stereocenters. The number of amides is 2. The molecule has 150 valence electrons. The fourth-order valence-corrected chi connectivity index (χ4v) is 4.88. The molecule has 0 bridgehead atoms. The zero-order chi connectivity index (χ0) is 20.2. The molecule has 1 fully saturated rings. The second kappa shape index (κ2) is 9.10. The smallest absolute Gasteiger partial charge is 0.264 e. The summed E-state index contributed by atoms with van der Waals surface area (Å²) in [5, 5.41) is 9.55. The van der Waals surface area contributed by atoms with Gasteiger partial charge in [0, 0.05) is 36.2 Å². The Balaban J connectivity index is 1.28. The predicted octanol–water partition coefficient (Wildman–Crippen LogP) is 3.37. The SMILES string of the molecule is O=C(CSc1n[nH]c(-c2ccccc2Br)n1)N1CCN(C(=O)c2cccs2)CC1. The van der Waals surface area contributed by atoms with Gasteiger partial charge in [-0.3, -0.25) is 14.7 Å². The van der Waals surface area contributed by atoms with Crippen molar-refractivity contribution < 1.29 is 9.59 Å². The first-order chi connectivity index (χ1) is 14.1. The van der Waals surface area contributed by atoms with Crippen LogP contribution in [0.25, 0.3) is 11.4 Å². The van der Waals surface area contributed by atoms with Gasteiger partial charge in [-0.2, -0.15) is 0 Å². The number of thiophene rings is 1. The van der Waals surface area contributed by atoms with Gasteiger partial charge in [-0.25, -0.2) is 4.98 Å². The number of benzene rings is 1. The van der Waals surface area contributed by atoms with E-state index >= 15 is 0 Å². The standard InChI is InChI=1S/C19H18BrN5O2S2/c20-14-5-2-1-4-13(14)17-21-19(23-22-17)29-12-16(26)24-7-9-25(10-8-24)18(27)15-6-3-11-28-15/h1-6,11H,7-10,12H2,(H,21,22,23). The van der Waals surface area contributed by atoms with E-state index < -0.39 is 0 Å². The Kier molecular flexibility index (Phi) is 6.31. The van der Waals surface area contributed by atoms with Gasteiger partial charge in [0.25, 0.3) is 5.91 Å². The number of thioether (sulfide) groups is 1. The molecule has 7 nitrogen and oxygen atoms in total. The first-order valence-electron chi connectivity index (χ1n) is 9.02. The molecule has 4 rings (SSSR count). The number of rotatable bonds is 5. The van der Waals surface area contributed by atoms with Gasteiger partial charge in [0.05, 0.1) is 10.6 Å². The largest absolute Gasteiger partial charge is 0.338 e. The number of halogens is 1. The van der Waals surface area contributed by atoms with Crippen LogP contribution in [0.5, 0.6) is 0 Å². The number of hydrogen-bond acceptors (Lipinski definition) is 6. The van der Waals surface area contributed by atoms with Crippen molar-refractivity contribution in [3.05, 3.63) is 51.1 Å². The van der Waals surface area contributed by atoms with Gasteiger partial charge >= 0.3 is 0 Å². The van der Waals surface area contributed by atoms with Gasteiger partial charge in [0.1, 0.15) is 0 Å². The highest BCUT2D eigenvalue weighted by atomic mass is 79.9. The third-order valence-electron chi connectivity index (χ3n) is 4.57. The number of aromatic amines is 1. The second-order valence-electron chi connectivity index (χ2n) is 6.39. The maximum absolute atomic E-state index is 12.5. The van der Waals surface area contributed by atoms with E-state index in [0.717, 1.165) is 14.9 Å². The minimum Gasteiger partial charge on any atom is -0.338 e. The van der Waals surface area contributed by atoms with Crippen LogP contribution in [0.1, 0.15) is 9.67 Å². The number of hydrogen-bond donors (Lipinski definition) is 1. The maximum Gasteiger partial charge on any atom is 0.264 e. The Morgan fingerprint density at radius 1 is 1.10 bits per heavy atom. The predicted molar refractivity (Wildman–Crippen MR) is 117 cm³/mol. The van der Waals surface area contributed by atoms with E-state index in [1.54, 1.807) is 4.90 Å². The molecule has 3 heterocycles. The number of carbonyl (C=O) groups is 2. The van der Waals surface area contributed by atoms with Crippen molar-refractivity contribution in [3.8, 4) is 11.4 Å². The summed E-state index contributed by atoms with van der Waals surface area (Å²) in [5.74, 6) is 1.01. The van der Waals surface area contributed by atoms with Gasteiger partial charge in [0.2, 0.25) is 11.1 Å². The third-order valence-corrected chi connectivity index (χ3v) is 6.95. The molecule has 1 aromatic carbocycles. The van der Waals surface area contributed by atoms with Crippen LogP contribution >= 0.6 is 39.0 Å². The minimum absolute atomic E-state index is 0.0328. The topological polar surface area (TPSA) is 82.2 Å². The highest BCUT2D eigenvalue weighted by Gasteiger charge is 2.25. The van der Waals surface area contributed by atoms with Crippen molar-refractivity contribution in [1.82, 2.24) is 25.0 Å². The summed E-state index contributed by atoms with van der Waals surface area (Å²) in [4.78, 5) is 33.7. The molecule has 0 unspecified atom stereocenters. The molecule has 3 aromatic rings. The highest BCUT2D eigenvalue weighted by molar-refractivity contribution is 9.10. The number of carbonyl (C=O) groups excluding carboxylic acids is 2. The van der Waals surface area contributed by atoms with Crippen molar-refractivity contribution in [2.24, 2.45) is 0 Å². The van der Waals surface area contributed by atoms with E-state index in [1.807, 2.05) is 46.7 Å².